The molecule has 2 aliphatic rings. The van der Waals surface area contributed by atoms with E-state index in [1.54, 1.807) is 24.3 Å². The molecule has 0 bridgehead atoms. The summed E-state index contributed by atoms with van der Waals surface area (Å²) < 4.78 is 43.7. The average Bonchev–Trinajstić information content (AvgIpc) is 3.68. The number of hydrogen-bond donors (Lipinski definition) is 0. The summed E-state index contributed by atoms with van der Waals surface area (Å²) >= 11 is 3.42. The van der Waals surface area contributed by atoms with Crippen molar-refractivity contribution in [2.75, 3.05) is 13.1 Å². The molecule has 8 nitrogen and oxygen atoms in total. The monoisotopic (exact) mass is 646 g/mol. The molecule has 220 valence electrons. The first-order valence-corrected chi connectivity index (χ1v) is 15.0. The number of nitrogens with zero attached hydrogens (tertiary/aromatic N) is 6. The van der Waals surface area contributed by atoms with Gasteiger partial charge in [0.15, 0.2) is 5.82 Å². The number of fused-ring (bicyclic) bond motifs is 1. The lowest BCUT2D eigenvalue weighted by molar-refractivity contribution is 0.0903. The summed E-state index contributed by atoms with van der Waals surface area (Å²) in [6.45, 7) is 2.77. The molecule has 0 atom stereocenters. The van der Waals surface area contributed by atoms with Gasteiger partial charge in [-0.25, -0.2) is 13.8 Å². The Hall–Kier alpha value is -4.06. The minimum absolute atomic E-state index is 0.0182. The highest BCUT2D eigenvalue weighted by atomic mass is 79.9. The molecular weight excluding hydrogens is 618 g/mol. The van der Waals surface area contributed by atoms with E-state index in [9.17, 15) is 14.0 Å². The van der Waals surface area contributed by atoms with Crippen LogP contribution in [0.15, 0.2) is 53.0 Å². The van der Waals surface area contributed by atoms with E-state index in [0.717, 1.165) is 50.1 Å². The Bertz CT molecular complexity index is 1730. The van der Waals surface area contributed by atoms with Crippen molar-refractivity contribution >= 4 is 27.0 Å². The normalized spacial score (nSPS) is 16.5. The van der Waals surface area contributed by atoms with Crippen LogP contribution in [0.5, 0.6) is 11.8 Å². The van der Waals surface area contributed by atoms with Crippen molar-refractivity contribution in [2.45, 2.75) is 57.9 Å². The highest BCUT2D eigenvalue weighted by Gasteiger charge is 2.43. The molecule has 3 heterocycles. The van der Waals surface area contributed by atoms with E-state index in [2.05, 4.69) is 36.5 Å². The van der Waals surface area contributed by atoms with Crippen molar-refractivity contribution in [3.8, 4) is 23.9 Å². The Morgan fingerprint density at radius 2 is 1.79 bits per heavy atom. The van der Waals surface area contributed by atoms with Crippen LogP contribution in [-0.4, -0.2) is 38.6 Å². The van der Waals surface area contributed by atoms with Crippen molar-refractivity contribution in [1.82, 2.24) is 19.4 Å². The quantitative estimate of drug-likeness (QED) is 0.190. The Kier molecular flexibility index (Phi) is 8.29. The maximum Gasteiger partial charge on any atom is 0.216 e. The van der Waals surface area contributed by atoms with Gasteiger partial charge in [-0.05, 0) is 49.9 Å². The number of rotatable bonds is 10. The first-order chi connectivity index (χ1) is 20.8. The molecular formula is C32H29BrF2N6O2. The van der Waals surface area contributed by atoms with Gasteiger partial charge < -0.3 is 14.0 Å². The van der Waals surface area contributed by atoms with Crippen LogP contribution in [0.2, 0.25) is 0 Å². The van der Waals surface area contributed by atoms with Gasteiger partial charge in [-0.3, -0.25) is 4.90 Å². The molecule has 2 aromatic heterocycles. The fraction of sp³-hybridized carbons (Fsp3) is 0.375. The highest BCUT2D eigenvalue weighted by molar-refractivity contribution is 9.10. The summed E-state index contributed by atoms with van der Waals surface area (Å²) in [6.07, 6.45) is 3.99. The maximum absolute atomic E-state index is 14.9. The molecule has 1 aliphatic carbocycles. The third-order valence-corrected chi connectivity index (χ3v) is 8.66. The van der Waals surface area contributed by atoms with Gasteiger partial charge in [-0.1, -0.05) is 28.1 Å². The molecule has 43 heavy (non-hydrogen) atoms. The summed E-state index contributed by atoms with van der Waals surface area (Å²) in [7, 11) is 0. The second kappa shape index (κ2) is 12.3. The first-order valence-electron chi connectivity index (χ1n) is 14.2. The Morgan fingerprint density at radius 3 is 2.51 bits per heavy atom. The third-order valence-electron chi connectivity index (χ3n) is 8.20. The number of imidazole rings is 1. The van der Waals surface area contributed by atoms with Crippen molar-refractivity contribution in [3.63, 3.8) is 0 Å². The van der Waals surface area contributed by atoms with Gasteiger partial charge in [0.05, 0.1) is 29.8 Å². The molecule has 0 radical (unpaired) electrons. The van der Waals surface area contributed by atoms with Crippen LogP contribution in [0.1, 0.15) is 49.1 Å². The largest absolute Gasteiger partial charge is 0.474 e. The van der Waals surface area contributed by atoms with E-state index in [0.29, 0.717) is 46.8 Å². The summed E-state index contributed by atoms with van der Waals surface area (Å²) in [5.41, 5.74) is 1.64. The molecule has 0 unspecified atom stereocenters. The second-order valence-electron chi connectivity index (χ2n) is 11.3. The van der Waals surface area contributed by atoms with Gasteiger partial charge in [0.1, 0.15) is 29.9 Å². The summed E-state index contributed by atoms with van der Waals surface area (Å²) in [5.74, 6) is 0.705. The van der Waals surface area contributed by atoms with E-state index in [1.807, 2.05) is 12.1 Å². The minimum Gasteiger partial charge on any atom is -0.474 e. The summed E-state index contributed by atoms with van der Waals surface area (Å²) in [4.78, 5) is 11.4. The topological polar surface area (TPSA) is 100.0 Å². The zero-order valence-corrected chi connectivity index (χ0v) is 25.0. The van der Waals surface area contributed by atoms with E-state index >= 15 is 0 Å². The van der Waals surface area contributed by atoms with Crippen molar-refractivity contribution in [2.24, 2.45) is 5.41 Å². The lowest BCUT2D eigenvalue weighted by Gasteiger charge is -2.32. The fourth-order valence-corrected chi connectivity index (χ4v) is 5.97. The fourth-order valence-electron chi connectivity index (χ4n) is 5.55. The van der Waals surface area contributed by atoms with Gasteiger partial charge in [-0.15, -0.1) is 0 Å². The van der Waals surface area contributed by atoms with Crippen LogP contribution < -0.4 is 9.47 Å². The lowest BCUT2D eigenvalue weighted by atomic mass is 10.0. The predicted octanol–water partition coefficient (Wildman–Crippen LogP) is 6.66. The molecule has 1 saturated carbocycles. The standard InChI is InChI=1S/C32H29BrF2N6O2/c33-23-15-26(35)31-27(16-23)41(20-32(8-9-32)10-11-36)28(38-31)18-40-12-6-24(7-13-40)43-30-3-1-2-29(39-30)42-19-22-5-4-21(17-37)14-25(22)34/h1-5,14-16,24H,6-10,12-13,18-20H2. The van der Waals surface area contributed by atoms with Crippen molar-refractivity contribution in [1.29, 1.82) is 10.5 Å². The molecule has 0 amide bonds. The number of benzene rings is 2. The molecule has 0 N–H and O–H groups in total. The molecule has 1 saturated heterocycles. The molecule has 2 aromatic carbocycles. The van der Waals surface area contributed by atoms with E-state index in [-0.39, 0.29) is 29.5 Å². The lowest BCUT2D eigenvalue weighted by Crippen LogP contribution is -2.38. The summed E-state index contributed by atoms with van der Waals surface area (Å²) in [5, 5.41) is 18.3. The highest BCUT2D eigenvalue weighted by Crippen LogP contribution is 2.50. The van der Waals surface area contributed by atoms with Gasteiger partial charge in [0.25, 0.3) is 0 Å². The van der Waals surface area contributed by atoms with Crippen LogP contribution in [0.25, 0.3) is 11.0 Å². The molecule has 0 spiro atoms. The number of pyridine rings is 1. The molecule has 11 heteroatoms. The minimum atomic E-state index is -0.499. The van der Waals surface area contributed by atoms with E-state index in [1.165, 1.54) is 18.2 Å². The van der Waals surface area contributed by atoms with Crippen LogP contribution >= 0.6 is 15.9 Å². The number of piperidine rings is 1. The van der Waals surface area contributed by atoms with E-state index < -0.39 is 5.82 Å². The van der Waals surface area contributed by atoms with Gasteiger partial charge >= 0.3 is 0 Å². The number of aromatic nitrogens is 3. The molecule has 6 rings (SSSR count). The average molecular weight is 648 g/mol. The van der Waals surface area contributed by atoms with Crippen LogP contribution in [0.4, 0.5) is 8.78 Å². The number of hydrogen-bond acceptors (Lipinski definition) is 7. The zero-order chi connectivity index (χ0) is 30.0. The van der Waals surface area contributed by atoms with E-state index in [4.69, 9.17) is 19.7 Å². The van der Waals surface area contributed by atoms with Gasteiger partial charge in [0, 0.05) is 53.6 Å². The predicted molar refractivity (Wildman–Crippen MR) is 158 cm³/mol. The van der Waals surface area contributed by atoms with Crippen molar-refractivity contribution < 1.29 is 18.3 Å². The van der Waals surface area contributed by atoms with Crippen LogP contribution in [-0.2, 0) is 19.7 Å². The number of ether oxygens (including phenoxy) is 2. The van der Waals surface area contributed by atoms with Gasteiger partial charge in [-0.2, -0.15) is 15.5 Å². The number of likely N-dealkylation sites (tertiary alicyclic amines) is 1. The Balaban J connectivity index is 1.07. The van der Waals surface area contributed by atoms with Gasteiger partial charge in [0.2, 0.25) is 11.8 Å². The van der Waals surface area contributed by atoms with Crippen LogP contribution in [0.3, 0.4) is 0 Å². The Labute approximate surface area is 256 Å². The second-order valence-corrected chi connectivity index (χ2v) is 12.2. The smallest absolute Gasteiger partial charge is 0.216 e. The molecule has 4 aromatic rings. The zero-order valence-electron chi connectivity index (χ0n) is 23.4. The third kappa shape index (κ3) is 6.64. The molecule has 1 aliphatic heterocycles. The Morgan fingerprint density at radius 1 is 1.00 bits per heavy atom. The first kappa shape index (κ1) is 29.0. The van der Waals surface area contributed by atoms with Crippen LogP contribution in [0, 0.1) is 39.7 Å². The molecule has 2 fully saturated rings. The maximum atomic E-state index is 14.9. The van der Waals surface area contributed by atoms with Crippen molar-refractivity contribution in [3.05, 3.63) is 81.6 Å². The summed E-state index contributed by atoms with van der Waals surface area (Å²) in [6, 6.07) is 17.1. The SMILES string of the molecule is N#CCC1(Cn2c(CN3CCC(Oc4cccc(OCc5ccc(C#N)cc5F)n4)CC3)nc3c(F)cc(Br)cc32)CC1. The number of nitriles is 2. The number of halogens is 3.